The molecule has 1 aliphatic rings. The average Bonchev–Trinajstić information content (AvgIpc) is 1.94. The van der Waals surface area contributed by atoms with Gasteiger partial charge in [-0.2, -0.15) is 0 Å². The second-order valence-electron chi connectivity index (χ2n) is 1.63. The van der Waals surface area contributed by atoms with Crippen molar-refractivity contribution in [3.63, 3.8) is 0 Å². The minimum Gasteiger partial charge on any atom is -0.353 e. The third-order valence-corrected chi connectivity index (χ3v) is 0.966. The summed E-state index contributed by atoms with van der Waals surface area (Å²) in [6.45, 7) is 3.50. The fraction of sp³-hybridized carbons (Fsp3) is 1.00. The second-order valence-corrected chi connectivity index (χ2v) is 1.63. The molecule has 1 aliphatic heterocycles. The Kier molecular flexibility index (Phi) is 2.27. The van der Waals surface area contributed by atoms with Gasteiger partial charge in [-0.3, -0.25) is 0 Å². The van der Waals surface area contributed by atoms with Crippen LogP contribution in [0.3, 0.4) is 0 Å². The highest BCUT2D eigenvalue weighted by Gasteiger charge is 2.04. The molecule has 0 amide bonds. The fourth-order valence-electron chi connectivity index (χ4n) is 0.524. The van der Waals surface area contributed by atoms with Crippen molar-refractivity contribution in [2.75, 3.05) is 20.0 Å². The minimum absolute atomic E-state index is 0.0995. The van der Waals surface area contributed by atoms with E-state index in [-0.39, 0.29) is 6.29 Å². The van der Waals surface area contributed by atoms with Gasteiger partial charge < -0.3 is 14.2 Å². The summed E-state index contributed by atoms with van der Waals surface area (Å²) in [4.78, 5) is 0. The summed E-state index contributed by atoms with van der Waals surface area (Å²) < 4.78 is 14.9. The first kappa shape index (κ1) is 6.01. The Morgan fingerprint density at radius 1 is 1.25 bits per heavy atom. The van der Waals surface area contributed by atoms with Crippen molar-refractivity contribution in [3.05, 3.63) is 0 Å². The van der Waals surface area contributed by atoms with Crippen molar-refractivity contribution in [2.45, 2.75) is 13.2 Å². The lowest BCUT2D eigenvalue weighted by Crippen LogP contribution is -2.10. The van der Waals surface area contributed by atoms with Crippen LogP contribution in [-0.4, -0.2) is 26.3 Å². The Morgan fingerprint density at radius 2 is 2.12 bits per heavy atom. The number of hydrogen-bond donors (Lipinski definition) is 0. The lowest BCUT2D eigenvalue weighted by Gasteiger charge is -2.05. The van der Waals surface area contributed by atoms with E-state index in [1.807, 2.05) is 6.92 Å². The van der Waals surface area contributed by atoms with Crippen LogP contribution in [0.2, 0.25) is 0 Å². The van der Waals surface area contributed by atoms with Gasteiger partial charge in [0.1, 0.15) is 6.79 Å². The van der Waals surface area contributed by atoms with Gasteiger partial charge in [0.2, 0.25) is 0 Å². The summed E-state index contributed by atoms with van der Waals surface area (Å²) in [5.41, 5.74) is 0. The molecule has 48 valence electrons. The molecule has 1 unspecified atom stereocenters. The molecule has 1 atom stereocenters. The summed E-state index contributed by atoms with van der Waals surface area (Å²) in [7, 11) is 0. The SMILES string of the molecule is CC1OCCOCO1. The van der Waals surface area contributed by atoms with Crippen LogP contribution < -0.4 is 0 Å². The molecule has 0 aliphatic carbocycles. The van der Waals surface area contributed by atoms with Crippen LogP contribution in [0.15, 0.2) is 0 Å². The van der Waals surface area contributed by atoms with Gasteiger partial charge in [-0.05, 0) is 6.92 Å². The van der Waals surface area contributed by atoms with Crippen molar-refractivity contribution in [1.29, 1.82) is 0 Å². The monoisotopic (exact) mass is 118 g/mol. The predicted octanol–water partition coefficient (Wildman–Crippen LogP) is 0.353. The van der Waals surface area contributed by atoms with Crippen molar-refractivity contribution >= 4 is 0 Å². The Balaban J connectivity index is 2.17. The topological polar surface area (TPSA) is 27.7 Å². The molecule has 1 fully saturated rings. The van der Waals surface area contributed by atoms with E-state index in [0.29, 0.717) is 20.0 Å². The molecule has 0 N–H and O–H groups in total. The molecular weight excluding hydrogens is 108 g/mol. The number of hydrogen-bond acceptors (Lipinski definition) is 3. The van der Waals surface area contributed by atoms with Crippen LogP contribution >= 0.6 is 0 Å². The molecule has 1 saturated heterocycles. The lowest BCUT2D eigenvalue weighted by molar-refractivity contribution is -0.140. The molecular formula is C5H10O3. The Labute approximate surface area is 48.5 Å². The standard InChI is InChI=1S/C5H10O3/c1-5-7-3-2-6-4-8-5/h5H,2-4H2,1H3. The summed E-state index contributed by atoms with van der Waals surface area (Å²) >= 11 is 0. The molecule has 0 bridgehead atoms. The molecule has 0 aromatic carbocycles. The van der Waals surface area contributed by atoms with Gasteiger partial charge >= 0.3 is 0 Å². The zero-order valence-corrected chi connectivity index (χ0v) is 4.92. The van der Waals surface area contributed by atoms with E-state index in [9.17, 15) is 0 Å². The first-order chi connectivity index (χ1) is 3.89. The first-order valence-electron chi connectivity index (χ1n) is 2.70. The molecule has 8 heavy (non-hydrogen) atoms. The molecule has 0 saturated carbocycles. The Bertz CT molecular complexity index is 56.7. The molecule has 0 aromatic heterocycles. The zero-order chi connectivity index (χ0) is 5.82. The van der Waals surface area contributed by atoms with Gasteiger partial charge in [-0.1, -0.05) is 0 Å². The predicted molar refractivity (Wildman–Crippen MR) is 27.3 cm³/mol. The summed E-state index contributed by atoms with van der Waals surface area (Å²) in [6.07, 6.45) is -0.0995. The van der Waals surface area contributed by atoms with Crippen LogP contribution in [-0.2, 0) is 14.2 Å². The molecule has 0 spiro atoms. The molecule has 1 rings (SSSR count). The molecule has 3 nitrogen and oxygen atoms in total. The smallest absolute Gasteiger partial charge is 0.157 e. The van der Waals surface area contributed by atoms with Crippen molar-refractivity contribution in [3.8, 4) is 0 Å². The Hall–Kier alpha value is -0.120. The van der Waals surface area contributed by atoms with Crippen molar-refractivity contribution in [2.24, 2.45) is 0 Å². The molecule has 0 aromatic rings. The highest BCUT2D eigenvalue weighted by molar-refractivity contribution is 4.35. The highest BCUT2D eigenvalue weighted by Crippen LogP contribution is 1.97. The molecule has 0 radical (unpaired) electrons. The number of ether oxygens (including phenoxy) is 3. The average molecular weight is 118 g/mol. The van der Waals surface area contributed by atoms with E-state index in [1.165, 1.54) is 0 Å². The third-order valence-electron chi connectivity index (χ3n) is 0.966. The van der Waals surface area contributed by atoms with Crippen LogP contribution in [0.25, 0.3) is 0 Å². The van der Waals surface area contributed by atoms with Crippen molar-refractivity contribution < 1.29 is 14.2 Å². The van der Waals surface area contributed by atoms with Gasteiger partial charge in [0.15, 0.2) is 6.29 Å². The lowest BCUT2D eigenvalue weighted by atomic mass is 10.7. The van der Waals surface area contributed by atoms with Gasteiger partial charge in [0.05, 0.1) is 13.2 Å². The van der Waals surface area contributed by atoms with E-state index in [2.05, 4.69) is 0 Å². The maximum absolute atomic E-state index is 5.06. The van der Waals surface area contributed by atoms with E-state index in [0.717, 1.165) is 0 Å². The first-order valence-corrected chi connectivity index (χ1v) is 2.70. The second kappa shape index (κ2) is 3.02. The molecule has 3 heteroatoms. The zero-order valence-electron chi connectivity index (χ0n) is 4.92. The largest absolute Gasteiger partial charge is 0.353 e. The summed E-state index contributed by atoms with van der Waals surface area (Å²) in [5.74, 6) is 0. The maximum atomic E-state index is 5.06. The van der Waals surface area contributed by atoms with Crippen molar-refractivity contribution in [1.82, 2.24) is 0 Å². The minimum atomic E-state index is -0.0995. The molecule has 1 heterocycles. The van der Waals surface area contributed by atoms with E-state index in [1.54, 1.807) is 0 Å². The van der Waals surface area contributed by atoms with E-state index in [4.69, 9.17) is 14.2 Å². The third kappa shape index (κ3) is 1.78. The quantitative estimate of drug-likeness (QED) is 0.459. The maximum Gasteiger partial charge on any atom is 0.157 e. The summed E-state index contributed by atoms with van der Waals surface area (Å²) in [6, 6.07) is 0. The van der Waals surface area contributed by atoms with Crippen LogP contribution in [0.4, 0.5) is 0 Å². The van der Waals surface area contributed by atoms with Crippen LogP contribution in [0.1, 0.15) is 6.92 Å². The van der Waals surface area contributed by atoms with E-state index >= 15 is 0 Å². The van der Waals surface area contributed by atoms with Gasteiger partial charge in [0.25, 0.3) is 0 Å². The fourth-order valence-corrected chi connectivity index (χ4v) is 0.524. The van der Waals surface area contributed by atoms with E-state index < -0.39 is 0 Å². The summed E-state index contributed by atoms with van der Waals surface area (Å²) in [5, 5.41) is 0. The number of rotatable bonds is 0. The van der Waals surface area contributed by atoms with Crippen LogP contribution in [0.5, 0.6) is 0 Å². The normalized spacial score (nSPS) is 31.9. The highest BCUT2D eigenvalue weighted by atomic mass is 16.8. The van der Waals surface area contributed by atoms with Crippen LogP contribution in [0, 0.1) is 0 Å². The Morgan fingerprint density at radius 3 is 3.00 bits per heavy atom. The van der Waals surface area contributed by atoms with Gasteiger partial charge in [0, 0.05) is 0 Å². The van der Waals surface area contributed by atoms with Gasteiger partial charge in [-0.25, -0.2) is 0 Å². The van der Waals surface area contributed by atoms with Gasteiger partial charge in [-0.15, -0.1) is 0 Å².